The van der Waals surface area contributed by atoms with Crippen LogP contribution < -0.4 is 0 Å². The zero-order valence-corrected chi connectivity index (χ0v) is 9.19. The number of rotatable bonds is 3. The van der Waals surface area contributed by atoms with E-state index in [9.17, 15) is 21.6 Å². The van der Waals surface area contributed by atoms with Gasteiger partial charge in [0, 0.05) is 5.56 Å². The van der Waals surface area contributed by atoms with Crippen molar-refractivity contribution in [2.45, 2.75) is 9.79 Å². The van der Waals surface area contributed by atoms with Crippen LogP contribution in [0.2, 0.25) is 0 Å². The number of benzene rings is 1. The van der Waals surface area contributed by atoms with Crippen molar-refractivity contribution in [2.75, 3.05) is 0 Å². The number of aldehydes is 1. The average Bonchev–Trinajstić information content (AvgIpc) is 2.14. The van der Waals surface area contributed by atoms with Crippen molar-refractivity contribution in [1.29, 1.82) is 0 Å². The monoisotopic (exact) mass is 290 g/mol. The second-order valence-electron chi connectivity index (χ2n) is 2.77. The van der Waals surface area contributed by atoms with Crippen molar-refractivity contribution in [2.24, 2.45) is 0 Å². The molecule has 1 aromatic rings. The van der Waals surface area contributed by atoms with Gasteiger partial charge in [0.25, 0.3) is 20.2 Å². The van der Waals surface area contributed by atoms with E-state index < -0.39 is 35.6 Å². The van der Waals surface area contributed by atoms with Crippen LogP contribution in [-0.4, -0.2) is 61.8 Å². The van der Waals surface area contributed by atoms with Crippen molar-refractivity contribution in [1.82, 2.24) is 0 Å². The first-order valence-electron chi connectivity index (χ1n) is 3.70. The van der Waals surface area contributed by atoms with Crippen LogP contribution in [0.5, 0.6) is 0 Å². The SMILES string of the molecule is O=Cc1ccc(S(=O)(=O)O)cc1S(=O)(=O)O.[NaH]. The van der Waals surface area contributed by atoms with Gasteiger partial charge in [-0.1, -0.05) is 0 Å². The fourth-order valence-electron chi connectivity index (χ4n) is 0.996. The molecule has 0 amide bonds. The molecule has 0 spiro atoms. The second-order valence-corrected chi connectivity index (χ2v) is 5.58. The van der Waals surface area contributed by atoms with E-state index in [0.717, 1.165) is 12.1 Å². The van der Waals surface area contributed by atoms with Gasteiger partial charge in [0.05, 0.1) is 4.90 Å². The predicted octanol–water partition coefficient (Wildman–Crippen LogP) is -0.656. The molecule has 0 fully saturated rings. The van der Waals surface area contributed by atoms with Crippen molar-refractivity contribution in [3.63, 3.8) is 0 Å². The number of carbonyl (C=O) groups is 1. The van der Waals surface area contributed by atoms with Crippen LogP contribution in [0.25, 0.3) is 0 Å². The summed E-state index contributed by atoms with van der Waals surface area (Å²) in [6.45, 7) is 0. The average molecular weight is 290 g/mol. The minimum atomic E-state index is -4.74. The summed E-state index contributed by atoms with van der Waals surface area (Å²) in [6.07, 6.45) is 0.136. The molecule has 0 bridgehead atoms. The van der Waals surface area contributed by atoms with E-state index in [-0.39, 0.29) is 35.8 Å². The van der Waals surface area contributed by atoms with Gasteiger partial charge in [0.15, 0.2) is 6.29 Å². The maximum absolute atomic E-state index is 10.8. The molecule has 1 rings (SSSR count). The zero-order valence-electron chi connectivity index (χ0n) is 7.56. The molecule has 1 aromatic carbocycles. The van der Waals surface area contributed by atoms with Gasteiger partial charge < -0.3 is 0 Å². The van der Waals surface area contributed by atoms with Crippen LogP contribution >= 0.6 is 0 Å². The van der Waals surface area contributed by atoms with E-state index >= 15 is 0 Å². The number of hydrogen-bond donors (Lipinski definition) is 2. The number of hydrogen-bond acceptors (Lipinski definition) is 5. The Bertz CT molecular complexity index is 632. The van der Waals surface area contributed by atoms with Crippen LogP contribution in [0, 0.1) is 0 Å². The van der Waals surface area contributed by atoms with E-state index in [4.69, 9.17) is 9.11 Å². The standard InChI is InChI=1S/C7H6O7S2.Na.H/c8-4-5-1-2-6(15(9,10)11)3-7(5)16(12,13)14;;/h1-4H,(H,9,10,11)(H,12,13,14);;. The molecule has 0 aliphatic heterocycles. The van der Waals surface area contributed by atoms with E-state index in [1.165, 1.54) is 0 Å². The van der Waals surface area contributed by atoms with Crippen LogP contribution in [0.4, 0.5) is 0 Å². The summed E-state index contributed by atoms with van der Waals surface area (Å²) in [5, 5.41) is 0. The van der Waals surface area contributed by atoms with Crippen molar-refractivity contribution in [3.05, 3.63) is 23.8 Å². The molecular formula is C7H7NaO7S2. The quantitative estimate of drug-likeness (QED) is 0.430. The van der Waals surface area contributed by atoms with Crippen molar-refractivity contribution >= 4 is 56.1 Å². The van der Waals surface area contributed by atoms with Gasteiger partial charge in [-0.3, -0.25) is 13.9 Å². The third-order valence-corrected chi connectivity index (χ3v) is 3.45. The molecule has 2 N–H and O–H groups in total. The van der Waals surface area contributed by atoms with Crippen LogP contribution in [0.1, 0.15) is 10.4 Å². The van der Waals surface area contributed by atoms with Crippen LogP contribution in [0.3, 0.4) is 0 Å². The Hall–Kier alpha value is -0.290. The fraction of sp³-hybridized carbons (Fsp3) is 0. The molecular weight excluding hydrogens is 283 g/mol. The molecule has 0 atom stereocenters. The first-order chi connectivity index (χ1) is 7.16. The predicted molar refractivity (Wildman–Crippen MR) is 58.6 cm³/mol. The molecule has 0 heterocycles. The molecule has 0 aromatic heterocycles. The Labute approximate surface area is 120 Å². The molecule has 0 radical (unpaired) electrons. The summed E-state index contributed by atoms with van der Waals surface area (Å²) in [5.41, 5.74) is -0.407. The van der Waals surface area contributed by atoms with Crippen molar-refractivity contribution < 1.29 is 30.7 Å². The van der Waals surface area contributed by atoms with Gasteiger partial charge in [-0.15, -0.1) is 0 Å². The third-order valence-electron chi connectivity index (χ3n) is 1.69. The molecule has 7 nitrogen and oxygen atoms in total. The first-order valence-corrected chi connectivity index (χ1v) is 6.58. The van der Waals surface area contributed by atoms with E-state index in [2.05, 4.69) is 0 Å². The Morgan fingerprint density at radius 2 is 1.53 bits per heavy atom. The molecule has 0 unspecified atom stereocenters. The minimum absolute atomic E-state index is 0. The fourth-order valence-corrected chi connectivity index (χ4v) is 2.27. The summed E-state index contributed by atoms with van der Waals surface area (Å²) in [6, 6.07) is 2.20. The van der Waals surface area contributed by atoms with Gasteiger partial charge >= 0.3 is 29.6 Å². The van der Waals surface area contributed by atoms with Crippen LogP contribution in [-0.2, 0) is 20.2 Å². The third kappa shape index (κ3) is 4.14. The summed E-state index contributed by atoms with van der Waals surface area (Å²) in [4.78, 5) is 8.84. The summed E-state index contributed by atoms with van der Waals surface area (Å²) in [5.74, 6) is 0. The topological polar surface area (TPSA) is 126 Å². The van der Waals surface area contributed by atoms with Crippen LogP contribution in [0.15, 0.2) is 28.0 Å². The second kappa shape index (κ2) is 5.57. The normalized spacial score (nSPS) is 11.6. The van der Waals surface area contributed by atoms with Crippen molar-refractivity contribution in [3.8, 4) is 0 Å². The Kier molecular flexibility index (Phi) is 5.47. The Morgan fingerprint density at radius 3 is 1.88 bits per heavy atom. The first kappa shape index (κ1) is 16.7. The molecule has 10 heteroatoms. The molecule has 0 aliphatic carbocycles. The van der Waals surface area contributed by atoms with E-state index in [1.54, 1.807) is 0 Å². The Morgan fingerprint density at radius 1 is 1.00 bits per heavy atom. The van der Waals surface area contributed by atoms with Gasteiger partial charge in [-0.2, -0.15) is 16.8 Å². The maximum atomic E-state index is 10.8. The van der Waals surface area contributed by atoms with Gasteiger partial charge in [0.2, 0.25) is 0 Å². The molecule has 90 valence electrons. The molecule has 0 saturated carbocycles. The summed E-state index contributed by atoms with van der Waals surface area (Å²) < 4.78 is 60.4. The Balaban J connectivity index is 0.00000256. The summed E-state index contributed by atoms with van der Waals surface area (Å²) >= 11 is 0. The summed E-state index contributed by atoms with van der Waals surface area (Å²) in [7, 11) is -9.34. The number of carbonyl (C=O) groups excluding carboxylic acids is 1. The van der Waals surface area contributed by atoms with Gasteiger partial charge in [-0.25, -0.2) is 0 Å². The van der Waals surface area contributed by atoms with Gasteiger partial charge in [0.1, 0.15) is 4.90 Å². The molecule has 17 heavy (non-hydrogen) atoms. The zero-order chi connectivity index (χ0) is 12.6. The van der Waals surface area contributed by atoms with Gasteiger partial charge in [-0.05, 0) is 18.2 Å². The molecule has 0 aliphatic rings. The molecule has 0 saturated heterocycles. The van der Waals surface area contributed by atoms with E-state index in [1.807, 2.05) is 0 Å². The van der Waals surface area contributed by atoms with E-state index in [0.29, 0.717) is 6.07 Å².